The molecule has 8 heteroatoms. The molecule has 2 amide bonds. The monoisotopic (exact) mass is 472 g/mol. The third-order valence-electron chi connectivity index (χ3n) is 4.41. The molecule has 2 N–H and O–H groups in total. The molecule has 0 saturated carbocycles. The van der Waals surface area contributed by atoms with E-state index < -0.39 is 5.91 Å². The molecular weight excluding hydrogens is 451 g/mol. The van der Waals surface area contributed by atoms with E-state index in [-0.39, 0.29) is 21.5 Å². The average Bonchev–Trinajstić information content (AvgIpc) is 2.79. The first-order valence-corrected chi connectivity index (χ1v) is 10.8. The summed E-state index contributed by atoms with van der Waals surface area (Å²) in [5.41, 5.74) is 1.51. The Labute approximate surface area is 196 Å². The van der Waals surface area contributed by atoms with Gasteiger partial charge in [0.2, 0.25) is 0 Å². The molecule has 3 aromatic rings. The van der Waals surface area contributed by atoms with Crippen LogP contribution < -0.4 is 20.1 Å². The highest BCUT2D eigenvalue weighted by molar-refractivity contribution is 6.44. The van der Waals surface area contributed by atoms with Gasteiger partial charge in [-0.3, -0.25) is 9.59 Å². The molecule has 0 saturated heterocycles. The highest BCUT2D eigenvalue weighted by atomic mass is 35.5. The molecule has 0 atom stereocenters. The van der Waals surface area contributed by atoms with Gasteiger partial charge in [0, 0.05) is 17.7 Å². The fourth-order valence-electron chi connectivity index (χ4n) is 2.96. The van der Waals surface area contributed by atoms with Crippen molar-refractivity contribution in [2.45, 2.75) is 13.8 Å². The van der Waals surface area contributed by atoms with Crippen LogP contribution in [0.2, 0.25) is 10.0 Å². The quantitative estimate of drug-likeness (QED) is 0.403. The van der Waals surface area contributed by atoms with E-state index in [1.54, 1.807) is 54.6 Å². The second-order valence-corrected chi connectivity index (χ2v) is 7.37. The van der Waals surface area contributed by atoms with Crippen LogP contribution in [0.4, 0.5) is 11.4 Å². The summed E-state index contributed by atoms with van der Waals surface area (Å²) in [6.07, 6.45) is 0. The zero-order chi connectivity index (χ0) is 23.1. The Morgan fingerprint density at radius 2 is 1.34 bits per heavy atom. The lowest BCUT2D eigenvalue weighted by Gasteiger charge is -2.18. The lowest BCUT2D eigenvalue weighted by molar-refractivity contribution is 0.101. The van der Waals surface area contributed by atoms with Crippen LogP contribution >= 0.6 is 23.2 Å². The van der Waals surface area contributed by atoms with Crippen molar-refractivity contribution in [1.82, 2.24) is 0 Å². The molecule has 0 spiro atoms. The lowest BCUT2D eigenvalue weighted by atomic mass is 10.1. The molecule has 0 bridgehead atoms. The third kappa shape index (κ3) is 5.52. The summed E-state index contributed by atoms with van der Waals surface area (Å²) in [5, 5.41) is 6.07. The summed E-state index contributed by atoms with van der Waals surface area (Å²) in [5.74, 6) is -0.00277. The van der Waals surface area contributed by atoms with Gasteiger partial charge in [-0.1, -0.05) is 47.5 Å². The predicted octanol–water partition coefficient (Wildman–Crippen LogP) is 6.30. The molecule has 0 aliphatic rings. The van der Waals surface area contributed by atoms with E-state index in [0.29, 0.717) is 41.7 Å². The van der Waals surface area contributed by atoms with Crippen LogP contribution in [0.15, 0.2) is 60.7 Å². The van der Waals surface area contributed by atoms with Gasteiger partial charge in [0.05, 0.1) is 40.2 Å². The van der Waals surface area contributed by atoms with Gasteiger partial charge in [0.25, 0.3) is 11.8 Å². The number of anilines is 2. The van der Waals surface area contributed by atoms with Crippen LogP contribution in [0.5, 0.6) is 11.5 Å². The number of carbonyl (C=O) groups is 2. The molecule has 0 radical (unpaired) electrons. The minimum Gasteiger partial charge on any atom is -0.492 e. The van der Waals surface area contributed by atoms with Crippen molar-refractivity contribution < 1.29 is 19.1 Å². The number of carbonyl (C=O) groups excluding carboxylic acids is 2. The Hall–Kier alpha value is -3.22. The molecule has 0 fully saturated rings. The maximum Gasteiger partial charge on any atom is 0.257 e. The molecule has 3 rings (SSSR count). The van der Waals surface area contributed by atoms with Crippen molar-refractivity contribution in [3.05, 3.63) is 81.8 Å². The van der Waals surface area contributed by atoms with Gasteiger partial charge in [-0.25, -0.2) is 0 Å². The fraction of sp³-hybridized carbons (Fsp3) is 0.167. The zero-order valence-corrected chi connectivity index (χ0v) is 19.1. The Morgan fingerprint density at radius 3 is 1.91 bits per heavy atom. The van der Waals surface area contributed by atoms with Crippen LogP contribution in [-0.4, -0.2) is 25.0 Å². The number of benzene rings is 3. The van der Waals surface area contributed by atoms with Gasteiger partial charge >= 0.3 is 0 Å². The zero-order valence-electron chi connectivity index (χ0n) is 17.6. The summed E-state index contributed by atoms with van der Waals surface area (Å²) in [4.78, 5) is 25.5. The molecular formula is C24H22Cl2N2O4. The van der Waals surface area contributed by atoms with E-state index in [0.717, 1.165) is 0 Å². The Bertz CT molecular complexity index is 1120. The van der Waals surface area contributed by atoms with Crippen LogP contribution in [0.1, 0.15) is 34.6 Å². The first-order chi connectivity index (χ1) is 15.4. The average molecular weight is 473 g/mol. The van der Waals surface area contributed by atoms with Crippen molar-refractivity contribution in [2.75, 3.05) is 23.8 Å². The highest BCUT2D eigenvalue weighted by Crippen LogP contribution is 2.38. The van der Waals surface area contributed by atoms with Gasteiger partial charge in [0.1, 0.15) is 11.5 Å². The molecule has 0 heterocycles. The first-order valence-electron chi connectivity index (χ1n) is 10.00. The summed E-state index contributed by atoms with van der Waals surface area (Å²) >= 11 is 12.2. The van der Waals surface area contributed by atoms with Gasteiger partial charge in [-0.05, 0) is 38.1 Å². The van der Waals surface area contributed by atoms with Crippen molar-refractivity contribution >= 4 is 46.4 Å². The smallest absolute Gasteiger partial charge is 0.257 e. The van der Waals surface area contributed by atoms with Gasteiger partial charge < -0.3 is 20.1 Å². The number of ether oxygens (including phenoxy) is 2. The maximum absolute atomic E-state index is 12.8. The molecule has 6 nitrogen and oxygen atoms in total. The Kier molecular flexibility index (Phi) is 7.98. The minimum absolute atomic E-state index is 0.154. The van der Waals surface area contributed by atoms with E-state index in [4.69, 9.17) is 32.7 Å². The van der Waals surface area contributed by atoms with Crippen molar-refractivity contribution in [3.63, 3.8) is 0 Å². The number of hydrogen-bond donors (Lipinski definition) is 2. The minimum atomic E-state index is -0.457. The van der Waals surface area contributed by atoms with E-state index in [9.17, 15) is 9.59 Å². The molecule has 166 valence electrons. The molecule has 0 aliphatic carbocycles. The van der Waals surface area contributed by atoms with Crippen LogP contribution in [0, 0.1) is 0 Å². The number of hydrogen-bond acceptors (Lipinski definition) is 4. The van der Waals surface area contributed by atoms with E-state index in [1.807, 2.05) is 19.9 Å². The van der Waals surface area contributed by atoms with Crippen LogP contribution in [-0.2, 0) is 0 Å². The number of rotatable bonds is 8. The highest BCUT2D eigenvalue weighted by Gasteiger charge is 2.19. The van der Waals surface area contributed by atoms with Crippen molar-refractivity contribution in [2.24, 2.45) is 0 Å². The lowest BCUT2D eigenvalue weighted by Crippen LogP contribution is -2.16. The second kappa shape index (κ2) is 10.9. The van der Waals surface area contributed by atoms with Gasteiger partial charge in [0.15, 0.2) is 0 Å². The Morgan fingerprint density at radius 1 is 0.781 bits per heavy atom. The summed E-state index contributed by atoms with van der Waals surface area (Å²) < 4.78 is 11.4. The normalized spacial score (nSPS) is 10.4. The third-order valence-corrected chi connectivity index (χ3v) is 5.23. The van der Waals surface area contributed by atoms with Crippen molar-refractivity contribution in [1.29, 1.82) is 0 Å². The number of nitrogens with one attached hydrogen (secondary N) is 2. The largest absolute Gasteiger partial charge is 0.492 e. The molecule has 32 heavy (non-hydrogen) atoms. The molecule has 3 aromatic carbocycles. The fourth-order valence-corrected chi connectivity index (χ4v) is 3.34. The Balaban J connectivity index is 1.95. The van der Waals surface area contributed by atoms with Gasteiger partial charge in [-0.2, -0.15) is 0 Å². The molecule has 0 unspecified atom stereocenters. The predicted molar refractivity (Wildman–Crippen MR) is 128 cm³/mol. The van der Waals surface area contributed by atoms with E-state index >= 15 is 0 Å². The standard InChI is InChI=1S/C24H22Cl2N2O4/c1-3-31-20-14-19(28-24(30)16-11-8-12-17(25)22(16)26)21(32-4-2)13-18(20)27-23(29)15-9-6-5-7-10-15/h5-14H,3-4H2,1-2H3,(H,27,29)(H,28,30). The topological polar surface area (TPSA) is 76.7 Å². The molecule has 0 aromatic heterocycles. The number of amides is 2. The molecule has 0 aliphatic heterocycles. The summed E-state index contributed by atoms with van der Waals surface area (Å²) in [6, 6.07) is 16.8. The summed E-state index contributed by atoms with van der Waals surface area (Å²) in [6.45, 7) is 4.35. The van der Waals surface area contributed by atoms with E-state index in [2.05, 4.69) is 10.6 Å². The second-order valence-electron chi connectivity index (χ2n) is 6.59. The van der Waals surface area contributed by atoms with E-state index in [1.165, 1.54) is 0 Å². The van der Waals surface area contributed by atoms with Crippen molar-refractivity contribution in [3.8, 4) is 11.5 Å². The number of halogens is 2. The van der Waals surface area contributed by atoms with Crippen LogP contribution in [0.25, 0.3) is 0 Å². The van der Waals surface area contributed by atoms with Gasteiger partial charge in [-0.15, -0.1) is 0 Å². The SMILES string of the molecule is CCOc1cc(NC(=O)c2cccc(Cl)c2Cl)c(OCC)cc1NC(=O)c1ccccc1. The maximum atomic E-state index is 12.8. The summed E-state index contributed by atoms with van der Waals surface area (Å²) in [7, 11) is 0. The first kappa shape index (κ1) is 23.4. The van der Waals surface area contributed by atoms with Crippen LogP contribution in [0.3, 0.4) is 0 Å².